The quantitative estimate of drug-likeness (QED) is 0.636. The molecule has 0 aliphatic carbocycles. The molecule has 31 heavy (non-hydrogen) atoms. The molecule has 1 aliphatic rings. The molecule has 7 nitrogen and oxygen atoms in total. The first-order valence-corrected chi connectivity index (χ1v) is 10.4. The summed E-state index contributed by atoms with van der Waals surface area (Å²) in [6.07, 6.45) is 4.11. The summed E-state index contributed by atoms with van der Waals surface area (Å²) in [6.45, 7) is 4.73. The summed E-state index contributed by atoms with van der Waals surface area (Å²) in [5.74, 6) is 0.605. The summed E-state index contributed by atoms with van der Waals surface area (Å²) in [7, 11) is 3.43. The van der Waals surface area contributed by atoms with Crippen LogP contribution < -0.4 is 4.74 Å². The Balaban J connectivity index is 1.75. The number of hydrogen-bond donors (Lipinski definition) is 0. The highest BCUT2D eigenvalue weighted by molar-refractivity contribution is 5.80. The second-order valence-electron chi connectivity index (χ2n) is 7.51. The topological polar surface area (TPSA) is 72.0 Å². The predicted molar refractivity (Wildman–Crippen MR) is 118 cm³/mol. The van der Waals surface area contributed by atoms with E-state index in [0.29, 0.717) is 25.9 Å². The molecule has 0 saturated carbocycles. The molecule has 1 aliphatic heterocycles. The number of methoxy groups -OCH3 is 1. The normalized spacial score (nSPS) is 15.1. The first-order valence-electron chi connectivity index (χ1n) is 10.4. The first-order chi connectivity index (χ1) is 15.0. The van der Waals surface area contributed by atoms with Crippen molar-refractivity contribution >= 4 is 12.0 Å². The van der Waals surface area contributed by atoms with Gasteiger partial charge in [0.15, 0.2) is 0 Å². The summed E-state index contributed by atoms with van der Waals surface area (Å²) >= 11 is 0. The molecule has 164 valence electrons. The Morgan fingerprint density at radius 3 is 2.68 bits per heavy atom. The van der Waals surface area contributed by atoms with Gasteiger partial charge in [-0.05, 0) is 42.7 Å². The Morgan fingerprint density at radius 1 is 1.26 bits per heavy atom. The van der Waals surface area contributed by atoms with Crippen molar-refractivity contribution < 1.29 is 19.1 Å². The van der Waals surface area contributed by atoms with Gasteiger partial charge in [0.25, 0.3) is 0 Å². The van der Waals surface area contributed by atoms with Crippen LogP contribution in [0, 0.1) is 5.92 Å². The number of pyridine rings is 1. The zero-order chi connectivity index (χ0) is 22.2. The highest BCUT2D eigenvalue weighted by Crippen LogP contribution is 2.31. The lowest BCUT2D eigenvalue weighted by atomic mass is 9.93. The van der Waals surface area contributed by atoms with Crippen LogP contribution in [-0.2, 0) is 9.53 Å². The molecule has 1 saturated heterocycles. The number of amides is 2. The molecule has 1 fully saturated rings. The van der Waals surface area contributed by atoms with Crippen LogP contribution in [0.25, 0.3) is 0 Å². The highest BCUT2D eigenvalue weighted by Gasteiger charge is 2.33. The molecule has 2 amide bonds. The summed E-state index contributed by atoms with van der Waals surface area (Å²) in [5.41, 5.74) is 1.72. The number of rotatable bonds is 7. The summed E-state index contributed by atoms with van der Waals surface area (Å²) in [6, 6.07) is 13.1. The number of benzene rings is 1. The molecule has 1 aromatic heterocycles. The van der Waals surface area contributed by atoms with Crippen LogP contribution in [0.2, 0.25) is 0 Å². The van der Waals surface area contributed by atoms with E-state index in [1.165, 1.54) is 0 Å². The van der Waals surface area contributed by atoms with Crippen molar-refractivity contribution in [3.63, 3.8) is 0 Å². The monoisotopic (exact) mass is 423 g/mol. The van der Waals surface area contributed by atoms with Gasteiger partial charge in [0.2, 0.25) is 5.91 Å². The molecule has 1 aromatic carbocycles. The van der Waals surface area contributed by atoms with Crippen molar-refractivity contribution in [2.75, 3.05) is 33.9 Å². The Kier molecular flexibility index (Phi) is 7.65. The Morgan fingerprint density at radius 2 is 2.03 bits per heavy atom. The lowest BCUT2D eigenvalue weighted by Crippen LogP contribution is -2.44. The van der Waals surface area contributed by atoms with E-state index in [1.807, 2.05) is 49.5 Å². The van der Waals surface area contributed by atoms with E-state index in [9.17, 15) is 9.59 Å². The SMILES string of the molecule is C=CCOC(=O)N1CCC(C(=O)N(C)C(c2cccc(OC)c2)c2ccccn2)CC1. The van der Waals surface area contributed by atoms with Crippen LogP contribution in [0.4, 0.5) is 4.79 Å². The van der Waals surface area contributed by atoms with Gasteiger partial charge in [0, 0.05) is 32.3 Å². The van der Waals surface area contributed by atoms with Crippen molar-refractivity contribution in [3.8, 4) is 5.75 Å². The van der Waals surface area contributed by atoms with E-state index in [2.05, 4.69) is 11.6 Å². The Hall–Kier alpha value is -3.35. The molecular weight excluding hydrogens is 394 g/mol. The number of carbonyl (C=O) groups excluding carboxylic acids is 2. The van der Waals surface area contributed by atoms with Crippen molar-refractivity contribution in [1.82, 2.24) is 14.8 Å². The number of aromatic nitrogens is 1. The molecule has 0 N–H and O–H groups in total. The summed E-state index contributed by atoms with van der Waals surface area (Å²) in [4.78, 5) is 33.4. The second-order valence-corrected chi connectivity index (χ2v) is 7.51. The molecule has 7 heteroatoms. The van der Waals surface area contributed by atoms with Crippen LogP contribution in [-0.4, -0.2) is 60.6 Å². The standard InChI is InChI=1S/C24H29N3O4/c1-4-16-31-24(29)27-14-11-18(12-15-27)23(28)26(2)22(21-10-5-6-13-25-21)19-8-7-9-20(17-19)30-3/h4-10,13,17-18,22H,1,11-12,14-16H2,2-3H3. The first kappa shape index (κ1) is 22.3. The summed E-state index contributed by atoms with van der Waals surface area (Å²) < 4.78 is 10.5. The molecular formula is C24H29N3O4. The number of ether oxygens (including phenoxy) is 2. The van der Waals surface area contributed by atoms with Gasteiger partial charge < -0.3 is 19.3 Å². The molecule has 1 atom stereocenters. The van der Waals surface area contributed by atoms with Gasteiger partial charge >= 0.3 is 6.09 Å². The third kappa shape index (κ3) is 5.42. The molecule has 3 rings (SSSR count). The van der Waals surface area contributed by atoms with E-state index in [-0.39, 0.29) is 30.6 Å². The van der Waals surface area contributed by atoms with E-state index in [0.717, 1.165) is 17.0 Å². The zero-order valence-corrected chi connectivity index (χ0v) is 18.1. The summed E-state index contributed by atoms with van der Waals surface area (Å²) in [5, 5.41) is 0. The van der Waals surface area contributed by atoms with Gasteiger partial charge in [-0.2, -0.15) is 0 Å². The van der Waals surface area contributed by atoms with Gasteiger partial charge in [-0.1, -0.05) is 30.9 Å². The van der Waals surface area contributed by atoms with Gasteiger partial charge in [-0.15, -0.1) is 0 Å². The maximum Gasteiger partial charge on any atom is 0.410 e. The molecule has 2 aromatic rings. The molecule has 1 unspecified atom stereocenters. The number of piperidine rings is 1. The van der Waals surface area contributed by atoms with Gasteiger partial charge in [-0.3, -0.25) is 9.78 Å². The maximum atomic E-state index is 13.4. The minimum absolute atomic E-state index is 0.0394. The van der Waals surface area contributed by atoms with Crippen molar-refractivity contribution in [1.29, 1.82) is 0 Å². The van der Waals surface area contributed by atoms with Crippen LogP contribution >= 0.6 is 0 Å². The molecule has 2 heterocycles. The molecule has 0 bridgehead atoms. The third-order valence-electron chi connectivity index (χ3n) is 5.54. The average Bonchev–Trinajstić information content (AvgIpc) is 2.83. The highest BCUT2D eigenvalue weighted by atomic mass is 16.6. The number of likely N-dealkylation sites (tertiary alicyclic amines) is 1. The lowest BCUT2D eigenvalue weighted by molar-refractivity contribution is -0.137. The van der Waals surface area contributed by atoms with Crippen molar-refractivity contribution in [2.24, 2.45) is 5.92 Å². The van der Waals surface area contributed by atoms with Crippen LogP contribution in [0.5, 0.6) is 5.75 Å². The van der Waals surface area contributed by atoms with E-state index >= 15 is 0 Å². The number of carbonyl (C=O) groups is 2. The minimum Gasteiger partial charge on any atom is -0.497 e. The van der Waals surface area contributed by atoms with E-state index in [4.69, 9.17) is 9.47 Å². The number of hydrogen-bond acceptors (Lipinski definition) is 5. The maximum absolute atomic E-state index is 13.4. The number of nitrogens with zero attached hydrogens (tertiary/aromatic N) is 3. The van der Waals surface area contributed by atoms with Gasteiger partial charge in [0.05, 0.1) is 18.8 Å². The largest absolute Gasteiger partial charge is 0.497 e. The van der Waals surface area contributed by atoms with Crippen LogP contribution in [0.1, 0.15) is 30.1 Å². The fraction of sp³-hybridized carbons (Fsp3) is 0.375. The Bertz CT molecular complexity index is 895. The lowest BCUT2D eigenvalue weighted by Gasteiger charge is -2.35. The minimum atomic E-state index is -0.359. The van der Waals surface area contributed by atoms with Crippen molar-refractivity contribution in [3.05, 3.63) is 72.6 Å². The van der Waals surface area contributed by atoms with Crippen molar-refractivity contribution in [2.45, 2.75) is 18.9 Å². The Labute approximate surface area is 183 Å². The van der Waals surface area contributed by atoms with E-state index < -0.39 is 0 Å². The smallest absolute Gasteiger partial charge is 0.410 e. The van der Waals surface area contributed by atoms with Crippen LogP contribution in [0.15, 0.2) is 61.3 Å². The zero-order valence-electron chi connectivity index (χ0n) is 18.1. The van der Waals surface area contributed by atoms with Gasteiger partial charge in [0.1, 0.15) is 12.4 Å². The van der Waals surface area contributed by atoms with Gasteiger partial charge in [-0.25, -0.2) is 4.79 Å². The average molecular weight is 424 g/mol. The predicted octanol–water partition coefficient (Wildman–Crippen LogP) is 3.67. The molecule has 0 radical (unpaired) electrons. The fourth-order valence-electron chi connectivity index (χ4n) is 3.89. The molecule has 0 spiro atoms. The third-order valence-corrected chi connectivity index (χ3v) is 5.54. The van der Waals surface area contributed by atoms with E-state index in [1.54, 1.807) is 29.2 Å². The van der Waals surface area contributed by atoms with Crippen LogP contribution in [0.3, 0.4) is 0 Å². The fourth-order valence-corrected chi connectivity index (χ4v) is 3.89. The second kappa shape index (κ2) is 10.6.